The van der Waals surface area contributed by atoms with Crippen LogP contribution < -0.4 is 5.32 Å². The van der Waals surface area contributed by atoms with Crippen molar-refractivity contribution in [1.29, 1.82) is 0 Å². The lowest BCUT2D eigenvalue weighted by Crippen LogP contribution is -2.39. The molecule has 1 fully saturated rings. The van der Waals surface area contributed by atoms with Gasteiger partial charge in [-0.15, -0.1) is 0 Å². The lowest BCUT2D eigenvalue weighted by atomic mass is 9.94. The minimum Gasteiger partial charge on any atom is -0.373 e. The van der Waals surface area contributed by atoms with Crippen molar-refractivity contribution in [3.05, 3.63) is 17.5 Å². The highest BCUT2D eigenvalue weighted by atomic mass is 16.5. The standard InChI is InChI=1S/C15H27N3O/c1-6-13-12(10-18(5)17-13)14-11(7-8-19-14)9-16-15(2,3)4/h10-11,14,16H,6-9H2,1-5H3. The van der Waals surface area contributed by atoms with E-state index in [1.54, 1.807) is 0 Å². The second-order valence-corrected chi connectivity index (χ2v) is 6.53. The number of hydrogen-bond acceptors (Lipinski definition) is 3. The van der Waals surface area contributed by atoms with E-state index in [1.807, 2.05) is 11.7 Å². The minimum atomic E-state index is 0.162. The predicted octanol–water partition coefficient (Wildman–Crippen LogP) is 2.45. The highest BCUT2D eigenvalue weighted by molar-refractivity contribution is 5.22. The van der Waals surface area contributed by atoms with Gasteiger partial charge in [-0.1, -0.05) is 6.92 Å². The molecule has 1 aliphatic rings. The molecule has 2 heterocycles. The summed E-state index contributed by atoms with van der Waals surface area (Å²) in [7, 11) is 1.99. The molecule has 19 heavy (non-hydrogen) atoms. The van der Waals surface area contributed by atoms with E-state index >= 15 is 0 Å². The van der Waals surface area contributed by atoms with Crippen LogP contribution in [-0.4, -0.2) is 28.5 Å². The van der Waals surface area contributed by atoms with Gasteiger partial charge in [0.05, 0.1) is 11.8 Å². The van der Waals surface area contributed by atoms with E-state index in [4.69, 9.17) is 4.74 Å². The van der Waals surface area contributed by atoms with Crippen LogP contribution in [0.1, 0.15) is 51.5 Å². The molecule has 2 unspecified atom stereocenters. The van der Waals surface area contributed by atoms with Gasteiger partial charge in [0.2, 0.25) is 0 Å². The summed E-state index contributed by atoms with van der Waals surface area (Å²) in [6.07, 6.45) is 4.43. The molecule has 1 saturated heterocycles. The third kappa shape index (κ3) is 3.57. The monoisotopic (exact) mass is 265 g/mol. The van der Waals surface area contributed by atoms with Gasteiger partial charge in [-0.25, -0.2) is 0 Å². The third-order valence-corrected chi connectivity index (χ3v) is 3.69. The molecule has 0 saturated carbocycles. The number of nitrogens with zero attached hydrogens (tertiary/aromatic N) is 2. The Morgan fingerprint density at radius 1 is 1.47 bits per heavy atom. The summed E-state index contributed by atoms with van der Waals surface area (Å²) in [5, 5.41) is 8.13. The normalized spacial score (nSPS) is 24.1. The molecule has 0 bridgehead atoms. The van der Waals surface area contributed by atoms with Gasteiger partial charge in [-0.05, 0) is 33.6 Å². The SMILES string of the molecule is CCc1nn(C)cc1C1OCCC1CNC(C)(C)C. The zero-order valence-electron chi connectivity index (χ0n) is 12.9. The first-order chi connectivity index (χ1) is 8.90. The van der Waals surface area contributed by atoms with Crippen molar-refractivity contribution in [1.82, 2.24) is 15.1 Å². The number of ether oxygens (including phenoxy) is 1. The van der Waals surface area contributed by atoms with E-state index in [0.717, 1.165) is 26.0 Å². The van der Waals surface area contributed by atoms with Crippen molar-refractivity contribution in [2.45, 2.75) is 52.2 Å². The molecule has 0 radical (unpaired) electrons. The largest absolute Gasteiger partial charge is 0.373 e. The summed E-state index contributed by atoms with van der Waals surface area (Å²) in [5.74, 6) is 0.550. The molecule has 2 atom stereocenters. The van der Waals surface area contributed by atoms with E-state index < -0.39 is 0 Å². The van der Waals surface area contributed by atoms with Crippen LogP contribution in [0.2, 0.25) is 0 Å². The van der Waals surface area contributed by atoms with Gasteiger partial charge in [0, 0.05) is 43.4 Å². The van der Waals surface area contributed by atoms with Gasteiger partial charge in [0.15, 0.2) is 0 Å². The minimum absolute atomic E-state index is 0.162. The number of hydrogen-bond donors (Lipinski definition) is 1. The van der Waals surface area contributed by atoms with Gasteiger partial charge >= 0.3 is 0 Å². The first-order valence-electron chi connectivity index (χ1n) is 7.29. The second kappa shape index (κ2) is 5.63. The molecule has 1 aromatic heterocycles. The maximum absolute atomic E-state index is 5.98. The Labute approximate surface area is 116 Å². The van der Waals surface area contributed by atoms with Crippen LogP contribution in [-0.2, 0) is 18.2 Å². The summed E-state index contributed by atoms with van der Waals surface area (Å²) in [4.78, 5) is 0. The van der Waals surface area contributed by atoms with E-state index in [1.165, 1.54) is 11.3 Å². The van der Waals surface area contributed by atoms with Crippen LogP contribution in [0.25, 0.3) is 0 Å². The molecule has 0 aliphatic carbocycles. The van der Waals surface area contributed by atoms with Crippen LogP contribution in [0.5, 0.6) is 0 Å². The average molecular weight is 265 g/mol. The highest BCUT2D eigenvalue weighted by Crippen LogP contribution is 2.35. The highest BCUT2D eigenvalue weighted by Gasteiger charge is 2.32. The van der Waals surface area contributed by atoms with Crippen LogP contribution in [0.4, 0.5) is 0 Å². The van der Waals surface area contributed by atoms with Crippen molar-refractivity contribution in [3.63, 3.8) is 0 Å². The zero-order valence-corrected chi connectivity index (χ0v) is 12.9. The first-order valence-corrected chi connectivity index (χ1v) is 7.29. The smallest absolute Gasteiger partial charge is 0.0899 e. The van der Waals surface area contributed by atoms with E-state index in [0.29, 0.717) is 5.92 Å². The lowest BCUT2D eigenvalue weighted by molar-refractivity contribution is 0.0882. The molecule has 4 nitrogen and oxygen atoms in total. The van der Waals surface area contributed by atoms with Crippen molar-refractivity contribution >= 4 is 0 Å². The molecule has 108 valence electrons. The third-order valence-electron chi connectivity index (χ3n) is 3.69. The molecular formula is C15H27N3O. The number of nitrogens with one attached hydrogen (secondary N) is 1. The summed E-state index contributed by atoms with van der Waals surface area (Å²) in [5.41, 5.74) is 2.62. The summed E-state index contributed by atoms with van der Waals surface area (Å²) in [6, 6.07) is 0. The fraction of sp³-hybridized carbons (Fsp3) is 0.800. The number of aromatic nitrogens is 2. The zero-order chi connectivity index (χ0) is 14.0. The van der Waals surface area contributed by atoms with E-state index in [-0.39, 0.29) is 11.6 Å². The van der Waals surface area contributed by atoms with Crippen molar-refractivity contribution < 1.29 is 4.74 Å². The molecule has 2 rings (SSSR count). The van der Waals surface area contributed by atoms with Gasteiger partial charge < -0.3 is 10.1 Å². The second-order valence-electron chi connectivity index (χ2n) is 6.53. The van der Waals surface area contributed by atoms with Crippen molar-refractivity contribution in [3.8, 4) is 0 Å². The maximum Gasteiger partial charge on any atom is 0.0899 e. The molecular weight excluding hydrogens is 238 g/mol. The van der Waals surface area contributed by atoms with Gasteiger partial charge in [0.1, 0.15) is 0 Å². The molecule has 4 heteroatoms. The molecule has 1 aromatic rings. The molecule has 0 aromatic carbocycles. The molecule has 0 amide bonds. The van der Waals surface area contributed by atoms with E-state index in [9.17, 15) is 0 Å². The Kier molecular flexibility index (Phi) is 4.31. The Hall–Kier alpha value is -0.870. The summed E-state index contributed by atoms with van der Waals surface area (Å²) >= 11 is 0. The Balaban J connectivity index is 2.09. The van der Waals surface area contributed by atoms with Gasteiger partial charge in [-0.2, -0.15) is 5.10 Å². The number of aryl methyl sites for hydroxylation is 2. The van der Waals surface area contributed by atoms with Gasteiger partial charge in [-0.3, -0.25) is 4.68 Å². The Morgan fingerprint density at radius 3 is 2.84 bits per heavy atom. The number of rotatable bonds is 4. The molecule has 0 spiro atoms. The Bertz CT molecular complexity index is 420. The van der Waals surface area contributed by atoms with Crippen molar-refractivity contribution in [2.24, 2.45) is 13.0 Å². The molecule has 1 N–H and O–H groups in total. The van der Waals surface area contributed by atoms with Crippen molar-refractivity contribution in [2.75, 3.05) is 13.2 Å². The van der Waals surface area contributed by atoms with Crippen LogP contribution in [0.3, 0.4) is 0 Å². The van der Waals surface area contributed by atoms with Gasteiger partial charge in [0.25, 0.3) is 0 Å². The average Bonchev–Trinajstić information content (AvgIpc) is 2.90. The lowest BCUT2D eigenvalue weighted by Gasteiger charge is -2.25. The quantitative estimate of drug-likeness (QED) is 0.909. The fourth-order valence-electron chi connectivity index (χ4n) is 2.69. The summed E-state index contributed by atoms with van der Waals surface area (Å²) in [6.45, 7) is 10.6. The maximum atomic E-state index is 5.98. The first kappa shape index (κ1) is 14.5. The van der Waals surface area contributed by atoms with Crippen LogP contribution >= 0.6 is 0 Å². The topological polar surface area (TPSA) is 39.1 Å². The molecule has 1 aliphatic heterocycles. The Morgan fingerprint density at radius 2 is 2.21 bits per heavy atom. The predicted molar refractivity (Wildman–Crippen MR) is 77.1 cm³/mol. The van der Waals surface area contributed by atoms with Crippen LogP contribution in [0.15, 0.2) is 6.20 Å². The van der Waals surface area contributed by atoms with Crippen LogP contribution in [0, 0.1) is 5.92 Å². The summed E-state index contributed by atoms with van der Waals surface area (Å²) < 4.78 is 7.89. The fourth-order valence-corrected chi connectivity index (χ4v) is 2.69. The van der Waals surface area contributed by atoms with E-state index in [2.05, 4.69) is 44.3 Å².